The number of hydrogen-bond donors (Lipinski definition) is 1. The number of ether oxygens (including phenoxy) is 2. The van der Waals surface area contributed by atoms with Gasteiger partial charge in [0.2, 0.25) is 11.8 Å². The summed E-state index contributed by atoms with van der Waals surface area (Å²) in [7, 11) is 3.29. The first-order valence-electron chi connectivity index (χ1n) is 8.49. The number of nitrogens with zero attached hydrogens (tertiary/aromatic N) is 3. The van der Waals surface area contributed by atoms with Crippen molar-refractivity contribution in [2.45, 2.75) is 18.4 Å². The predicted octanol–water partition coefficient (Wildman–Crippen LogP) is 2.78. The molecule has 0 spiro atoms. The minimum absolute atomic E-state index is 0.475. The Morgan fingerprint density at radius 2 is 1.92 bits per heavy atom. The van der Waals surface area contributed by atoms with Crippen molar-refractivity contribution in [2.75, 3.05) is 20.8 Å². The molecule has 7 nitrogen and oxygen atoms in total. The maximum atomic E-state index is 6.07. The van der Waals surface area contributed by atoms with Gasteiger partial charge in [0, 0.05) is 29.6 Å². The molecular weight excluding hydrogens is 332 g/mol. The van der Waals surface area contributed by atoms with Crippen LogP contribution in [0, 0.1) is 0 Å². The highest BCUT2D eigenvalue weighted by Crippen LogP contribution is 2.43. The number of pyridine rings is 1. The van der Waals surface area contributed by atoms with Crippen LogP contribution in [-0.4, -0.2) is 35.9 Å². The fourth-order valence-corrected chi connectivity index (χ4v) is 3.43. The Morgan fingerprint density at radius 3 is 2.62 bits per heavy atom. The normalized spacial score (nSPS) is 19.5. The summed E-state index contributed by atoms with van der Waals surface area (Å²) in [6, 6.07) is 9.48. The quantitative estimate of drug-likeness (QED) is 0.756. The lowest BCUT2D eigenvalue weighted by atomic mass is 9.87. The Labute approximate surface area is 151 Å². The molecule has 134 valence electrons. The first-order chi connectivity index (χ1) is 12.8. The number of aromatic nitrogens is 3. The van der Waals surface area contributed by atoms with E-state index < -0.39 is 5.54 Å². The second-order valence-electron chi connectivity index (χ2n) is 6.15. The lowest BCUT2D eigenvalue weighted by Gasteiger charge is -2.28. The van der Waals surface area contributed by atoms with Crippen molar-refractivity contribution < 1.29 is 13.9 Å². The van der Waals surface area contributed by atoms with Gasteiger partial charge in [-0.05, 0) is 43.7 Å². The first kappa shape index (κ1) is 16.5. The smallest absolute Gasteiger partial charge is 0.247 e. The van der Waals surface area contributed by atoms with Crippen LogP contribution in [0.4, 0.5) is 0 Å². The predicted molar refractivity (Wildman–Crippen MR) is 95.1 cm³/mol. The summed E-state index contributed by atoms with van der Waals surface area (Å²) in [6.07, 6.45) is 5.25. The van der Waals surface area contributed by atoms with Gasteiger partial charge in [-0.2, -0.15) is 0 Å². The molecule has 1 unspecified atom stereocenters. The van der Waals surface area contributed by atoms with E-state index in [1.165, 1.54) is 0 Å². The van der Waals surface area contributed by atoms with Crippen LogP contribution in [0.2, 0.25) is 0 Å². The van der Waals surface area contributed by atoms with Crippen LogP contribution in [0.1, 0.15) is 24.3 Å². The fourth-order valence-electron chi connectivity index (χ4n) is 3.43. The summed E-state index contributed by atoms with van der Waals surface area (Å²) in [5, 5.41) is 12.1. The van der Waals surface area contributed by atoms with E-state index in [1.807, 2.05) is 30.3 Å². The molecule has 2 aromatic heterocycles. The standard InChI is InChI=1S/C19H20N4O3/c1-24-14-4-5-15(16(12-14)25-2)19(8-3-9-21-19)18-23-22-17(26-18)13-6-10-20-11-7-13/h4-7,10-12,21H,3,8-9H2,1-2H3. The van der Waals surface area contributed by atoms with E-state index in [4.69, 9.17) is 13.9 Å². The third-order valence-electron chi connectivity index (χ3n) is 4.74. The molecule has 0 bridgehead atoms. The van der Waals surface area contributed by atoms with Crippen molar-refractivity contribution in [1.82, 2.24) is 20.5 Å². The number of hydrogen-bond acceptors (Lipinski definition) is 7. The van der Waals surface area contributed by atoms with Crippen molar-refractivity contribution in [1.29, 1.82) is 0 Å². The molecule has 0 radical (unpaired) electrons. The van der Waals surface area contributed by atoms with E-state index in [2.05, 4.69) is 20.5 Å². The van der Waals surface area contributed by atoms with E-state index >= 15 is 0 Å². The highest BCUT2D eigenvalue weighted by Gasteiger charge is 2.44. The molecule has 3 heterocycles. The van der Waals surface area contributed by atoms with Gasteiger partial charge < -0.3 is 13.9 Å². The Morgan fingerprint density at radius 1 is 1.08 bits per heavy atom. The van der Waals surface area contributed by atoms with Gasteiger partial charge >= 0.3 is 0 Å². The lowest BCUT2D eigenvalue weighted by Crippen LogP contribution is -2.38. The third-order valence-corrected chi connectivity index (χ3v) is 4.74. The van der Waals surface area contributed by atoms with E-state index in [0.717, 1.165) is 42.0 Å². The molecule has 7 heteroatoms. The van der Waals surface area contributed by atoms with Crippen LogP contribution in [-0.2, 0) is 5.54 Å². The SMILES string of the molecule is COc1ccc(C2(c3nnc(-c4ccncc4)o3)CCCN2)c(OC)c1. The van der Waals surface area contributed by atoms with E-state index in [0.29, 0.717) is 11.8 Å². The number of methoxy groups -OCH3 is 2. The highest BCUT2D eigenvalue weighted by molar-refractivity contribution is 5.52. The summed E-state index contributed by atoms with van der Waals surface area (Å²) < 4.78 is 17.0. The molecule has 3 aromatic rings. The van der Waals surface area contributed by atoms with Gasteiger partial charge in [-0.3, -0.25) is 10.3 Å². The molecule has 26 heavy (non-hydrogen) atoms. The van der Waals surface area contributed by atoms with Gasteiger partial charge in [0.05, 0.1) is 14.2 Å². The van der Waals surface area contributed by atoms with Crippen LogP contribution in [0.5, 0.6) is 11.5 Å². The van der Waals surface area contributed by atoms with Crippen molar-refractivity contribution >= 4 is 0 Å². The zero-order chi connectivity index (χ0) is 18.0. The highest BCUT2D eigenvalue weighted by atomic mass is 16.5. The van der Waals surface area contributed by atoms with E-state index in [-0.39, 0.29) is 0 Å². The number of nitrogens with one attached hydrogen (secondary N) is 1. The first-order valence-corrected chi connectivity index (χ1v) is 8.49. The molecule has 1 N–H and O–H groups in total. The molecule has 0 amide bonds. The Kier molecular flexibility index (Phi) is 4.30. The second-order valence-corrected chi connectivity index (χ2v) is 6.15. The van der Waals surface area contributed by atoms with Gasteiger partial charge in [-0.1, -0.05) is 0 Å². The second kappa shape index (κ2) is 6.76. The maximum absolute atomic E-state index is 6.07. The Balaban J connectivity index is 1.80. The van der Waals surface area contributed by atoms with Gasteiger partial charge in [0.15, 0.2) is 0 Å². The minimum atomic E-state index is -0.574. The average Bonchev–Trinajstić information content (AvgIpc) is 3.38. The number of rotatable bonds is 5. The third kappa shape index (κ3) is 2.70. The molecule has 0 saturated carbocycles. The molecule has 1 aliphatic rings. The number of benzene rings is 1. The summed E-state index contributed by atoms with van der Waals surface area (Å²) >= 11 is 0. The van der Waals surface area contributed by atoms with E-state index in [9.17, 15) is 0 Å². The van der Waals surface area contributed by atoms with Crippen LogP contribution >= 0.6 is 0 Å². The van der Waals surface area contributed by atoms with Gasteiger partial charge in [-0.25, -0.2) is 0 Å². The molecule has 0 aliphatic carbocycles. The minimum Gasteiger partial charge on any atom is -0.497 e. The topological polar surface area (TPSA) is 82.3 Å². The maximum Gasteiger partial charge on any atom is 0.247 e. The summed E-state index contributed by atoms with van der Waals surface area (Å²) in [5.74, 6) is 2.47. The summed E-state index contributed by atoms with van der Waals surface area (Å²) in [4.78, 5) is 4.02. The average molecular weight is 352 g/mol. The van der Waals surface area contributed by atoms with Crippen molar-refractivity contribution in [2.24, 2.45) is 0 Å². The fraction of sp³-hybridized carbons (Fsp3) is 0.316. The van der Waals surface area contributed by atoms with Gasteiger partial charge in [-0.15, -0.1) is 10.2 Å². The molecule has 1 saturated heterocycles. The molecular formula is C19H20N4O3. The lowest BCUT2D eigenvalue weighted by molar-refractivity contribution is 0.327. The van der Waals surface area contributed by atoms with Crippen LogP contribution < -0.4 is 14.8 Å². The largest absolute Gasteiger partial charge is 0.497 e. The zero-order valence-corrected chi connectivity index (χ0v) is 14.7. The molecule has 4 rings (SSSR count). The van der Waals surface area contributed by atoms with Crippen molar-refractivity contribution in [3.05, 3.63) is 54.2 Å². The zero-order valence-electron chi connectivity index (χ0n) is 14.7. The van der Waals surface area contributed by atoms with Crippen LogP contribution in [0.3, 0.4) is 0 Å². The van der Waals surface area contributed by atoms with E-state index in [1.54, 1.807) is 26.6 Å². The van der Waals surface area contributed by atoms with Gasteiger partial charge in [0.25, 0.3) is 0 Å². The monoisotopic (exact) mass is 352 g/mol. The summed E-state index contributed by atoms with van der Waals surface area (Å²) in [6.45, 7) is 0.863. The molecule has 1 atom stereocenters. The van der Waals surface area contributed by atoms with Crippen molar-refractivity contribution in [3.8, 4) is 23.0 Å². The van der Waals surface area contributed by atoms with Crippen molar-refractivity contribution in [3.63, 3.8) is 0 Å². The molecule has 1 aliphatic heterocycles. The van der Waals surface area contributed by atoms with Gasteiger partial charge in [0.1, 0.15) is 17.0 Å². The Hall–Kier alpha value is -2.93. The summed E-state index contributed by atoms with van der Waals surface area (Å²) in [5.41, 5.74) is 1.23. The van der Waals surface area contributed by atoms with Crippen LogP contribution in [0.15, 0.2) is 47.1 Å². The van der Waals surface area contributed by atoms with Crippen LogP contribution in [0.25, 0.3) is 11.5 Å². The molecule has 1 fully saturated rings. The Bertz CT molecular complexity index is 889. The molecule has 1 aromatic carbocycles.